The van der Waals surface area contributed by atoms with E-state index in [1.54, 1.807) is 20.9 Å². The Hall–Kier alpha value is -3.60. The van der Waals surface area contributed by atoms with Gasteiger partial charge in [-0.2, -0.15) is 0 Å². The number of fused-ring (bicyclic) bond motifs is 2. The number of para-hydroxylation sites is 1. The van der Waals surface area contributed by atoms with E-state index in [2.05, 4.69) is 43.8 Å². The number of rotatable bonds is 8. The highest BCUT2D eigenvalue weighted by molar-refractivity contribution is 7.98. The lowest BCUT2D eigenvalue weighted by Crippen LogP contribution is -2.31. The van der Waals surface area contributed by atoms with E-state index in [4.69, 9.17) is 4.98 Å². The zero-order chi connectivity index (χ0) is 24.1. The van der Waals surface area contributed by atoms with Crippen molar-refractivity contribution in [1.82, 2.24) is 38.9 Å². The average Bonchev–Trinajstić information content (AvgIpc) is 3.31. The van der Waals surface area contributed by atoms with Gasteiger partial charge in [0.2, 0.25) is 0 Å². The van der Waals surface area contributed by atoms with Gasteiger partial charge >= 0.3 is 5.69 Å². The molecule has 1 aliphatic carbocycles. The lowest BCUT2D eigenvalue weighted by atomic mass is 10.1. The number of hydrogen-bond acceptors (Lipinski definition) is 6. The van der Waals surface area contributed by atoms with Gasteiger partial charge in [-0.05, 0) is 25.3 Å². The van der Waals surface area contributed by atoms with Crippen molar-refractivity contribution in [3.05, 3.63) is 57.1 Å². The Balaban J connectivity index is 1.36. The van der Waals surface area contributed by atoms with Crippen LogP contribution in [0, 0.1) is 0 Å². The zero-order valence-corrected chi connectivity index (χ0v) is 20.4. The summed E-state index contributed by atoms with van der Waals surface area (Å²) in [5.41, 5.74) is 2.15. The molecule has 4 heterocycles. The van der Waals surface area contributed by atoms with Crippen LogP contribution in [0.2, 0.25) is 0 Å². The predicted molar refractivity (Wildman–Crippen MR) is 136 cm³/mol. The number of unbranched alkanes of at least 4 members (excludes halogenated alkanes) is 1. The molecule has 0 atom stereocenters. The van der Waals surface area contributed by atoms with Crippen LogP contribution in [0.15, 0.2) is 45.2 Å². The predicted octanol–water partition coefficient (Wildman–Crippen LogP) is 3.59. The second-order valence-corrected chi connectivity index (χ2v) is 9.91. The molecule has 5 aromatic rings. The Morgan fingerprint density at radius 1 is 1.17 bits per heavy atom. The molecule has 4 aromatic heterocycles. The third kappa shape index (κ3) is 3.70. The Kier molecular flexibility index (Phi) is 5.36. The lowest BCUT2D eigenvalue weighted by Gasteiger charge is -2.08. The van der Waals surface area contributed by atoms with Gasteiger partial charge in [0.25, 0.3) is 5.56 Å². The van der Waals surface area contributed by atoms with E-state index in [9.17, 15) is 9.59 Å². The molecule has 10 nitrogen and oxygen atoms in total. The van der Waals surface area contributed by atoms with Crippen LogP contribution in [0.3, 0.4) is 0 Å². The van der Waals surface area contributed by atoms with Crippen LogP contribution in [0.1, 0.15) is 44.5 Å². The summed E-state index contributed by atoms with van der Waals surface area (Å²) in [4.78, 5) is 35.5. The van der Waals surface area contributed by atoms with Crippen molar-refractivity contribution in [2.75, 3.05) is 0 Å². The fourth-order valence-electron chi connectivity index (χ4n) is 4.55. The molecule has 180 valence electrons. The summed E-state index contributed by atoms with van der Waals surface area (Å²) in [6, 6.07) is 8.58. The normalized spacial score (nSPS) is 13.9. The number of imidazole rings is 1. The SMILES string of the molecule is CCCCn1c(=O)[nH]c(=O)c2c1nc(CSc1nnc(-c3c[nH]c4ccccc34)n1C1CC1)n2C. The van der Waals surface area contributed by atoms with Crippen LogP contribution in [0.5, 0.6) is 0 Å². The molecular weight excluding hydrogens is 464 g/mol. The first-order chi connectivity index (χ1) is 17.1. The van der Waals surface area contributed by atoms with Gasteiger partial charge in [0, 0.05) is 42.3 Å². The van der Waals surface area contributed by atoms with Crippen molar-refractivity contribution in [2.24, 2.45) is 7.05 Å². The molecule has 0 radical (unpaired) electrons. The van der Waals surface area contributed by atoms with Crippen molar-refractivity contribution in [1.29, 1.82) is 0 Å². The van der Waals surface area contributed by atoms with Gasteiger partial charge in [0.15, 0.2) is 22.1 Å². The summed E-state index contributed by atoms with van der Waals surface area (Å²) < 4.78 is 5.57. The van der Waals surface area contributed by atoms with Crippen LogP contribution in [-0.4, -0.2) is 38.9 Å². The van der Waals surface area contributed by atoms with Gasteiger partial charge in [-0.1, -0.05) is 43.3 Å². The van der Waals surface area contributed by atoms with Gasteiger partial charge in [-0.15, -0.1) is 10.2 Å². The maximum Gasteiger partial charge on any atom is 0.330 e. The lowest BCUT2D eigenvalue weighted by molar-refractivity contribution is 0.613. The van der Waals surface area contributed by atoms with E-state index in [1.807, 2.05) is 25.4 Å². The van der Waals surface area contributed by atoms with Gasteiger partial charge in [0.05, 0.1) is 5.75 Å². The highest BCUT2D eigenvalue weighted by atomic mass is 32.2. The van der Waals surface area contributed by atoms with Gasteiger partial charge in [-0.25, -0.2) is 9.78 Å². The standard InChI is InChI=1S/C24H26N8O2S/c1-3-4-11-31-21-19(22(33)27-23(31)34)30(2)18(26-21)13-35-24-29-28-20(32(24)14-9-10-14)16-12-25-17-8-6-5-7-15(16)17/h5-8,12,14,25H,3-4,9-11,13H2,1-2H3,(H,27,33,34). The van der Waals surface area contributed by atoms with Gasteiger partial charge < -0.3 is 9.55 Å². The van der Waals surface area contributed by atoms with Crippen molar-refractivity contribution in [3.63, 3.8) is 0 Å². The number of aryl methyl sites for hydroxylation is 2. The maximum atomic E-state index is 12.6. The van der Waals surface area contributed by atoms with Crippen molar-refractivity contribution in [2.45, 2.75) is 56.1 Å². The molecule has 1 saturated carbocycles. The van der Waals surface area contributed by atoms with Gasteiger partial charge in [-0.3, -0.25) is 18.9 Å². The molecule has 0 amide bonds. The zero-order valence-electron chi connectivity index (χ0n) is 19.6. The van der Waals surface area contributed by atoms with E-state index in [0.717, 1.165) is 53.1 Å². The molecule has 11 heteroatoms. The monoisotopic (exact) mass is 490 g/mol. The molecule has 1 fully saturated rings. The molecule has 35 heavy (non-hydrogen) atoms. The summed E-state index contributed by atoms with van der Waals surface area (Å²) in [5.74, 6) is 2.08. The van der Waals surface area contributed by atoms with E-state index >= 15 is 0 Å². The Bertz CT molecular complexity index is 1670. The number of aromatic nitrogens is 8. The smallest absolute Gasteiger partial charge is 0.330 e. The topological polar surface area (TPSA) is 119 Å². The van der Waals surface area contributed by atoms with E-state index in [1.165, 1.54) is 0 Å². The molecule has 2 N–H and O–H groups in total. The minimum atomic E-state index is -0.412. The second-order valence-electron chi connectivity index (χ2n) is 8.97. The average molecular weight is 491 g/mol. The fraction of sp³-hybridized carbons (Fsp3) is 0.375. The molecular formula is C24H26N8O2S. The quantitative estimate of drug-likeness (QED) is 0.321. The molecule has 0 saturated heterocycles. The number of nitrogens with one attached hydrogen (secondary N) is 2. The summed E-state index contributed by atoms with van der Waals surface area (Å²) in [5, 5.41) is 11.0. The minimum absolute atomic E-state index is 0.388. The third-order valence-corrected chi connectivity index (χ3v) is 7.52. The molecule has 0 unspecified atom stereocenters. The molecule has 1 aromatic carbocycles. The number of benzene rings is 1. The highest BCUT2D eigenvalue weighted by Crippen LogP contribution is 2.42. The van der Waals surface area contributed by atoms with Crippen molar-refractivity contribution < 1.29 is 0 Å². The van der Waals surface area contributed by atoms with Gasteiger partial charge in [0.1, 0.15) is 5.82 Å². The first kappa shape index (κ1) is 21.9. The van der Waals surface area contributed by atoms with Crippen molar-refractivity contribution in [3.8, 4) is 11.4 Å². The highest BCUT2D eigenvalue weighted by Gasteiger charge is 2.31. The summed E-state index contributed by atoms with van der Waals surface area (Å²) in [7, 11) is 1.82. The number of nitrogens with zero attached hydrogens (tertiary/aromatic N) is 6. The van der Waals surface area contributed by atoms with Crippen LogP contribution in [0.4, 0.5) is 0 Å². The van der Waals surface area contributed by atoms with Crippen LogP contribution < -0.4 is 11.2 Å². The Morgan fingerprint density at radius 2 is 2.00 bits per heavy atom. The first-order valence-electron chi connectivity index (χ1n) is 11.9. The number of H-pyrrole nitrogens is 2. The number of thioether (sulfide) groups is 1. The maximum absolute atomic E-state index is 12.6. The van der Waals surface area contributed by atoms with E-state index < -0.39 is 11.2 Å². The van der Waals surface area contributed by atoms with E-state index in [-0.39, 0.29) is 0 Å². The van der Waals surface area contributed by atoms with Crippen LogP contribution >= 0.6 is 11.8 Å². The summed E-state index contributed by atoms with van der Waals surface area (Å²) in [6.07, 6.45) is 5.98. The number of aromatic amines is 2. The minimum Gasteiger partial charge on any atom is -0.360 e. The summed E-state index contributed by atoms with van der Waals surface area (Å²) in [6.45, 7) is 2.59. The fourth-order valence-corrected chi connectivity index (χ4v) is 5.54. The largest absolute Gasteiger partial charge is 0.360 e. The van der Waals surface area contributed by atoms with Crippen molar-refractivity contribution >= 4 is 33.8 Å². The van der Waals surface area contributed by atoms with Crippen LogP contribution in [-0.2, 0) is 19.3 Å². The van der Waals surface area contributed by atoms with Crippen LogP contribution in [0.25, 0.3) is 33.5 Å². The molecule has 0 aliphatic heterocycles. The second kappa shape index (κ2) is 8.56. The van der Waals surface area contributed by atoms with E-state index in [0.29, 0.717) is 35.3 Å². The third-order valence-electron chi connectivity index (χ3n) is 6.58. The summed E-state index contributed by atoms with van der Waals surface area (Å²) >= 11 is 1.55. The Labute approximate surface area is 204 Å². The molecule has 6 rings (SSSR count). The first-order valence-corrected chi connectivity index (χ1v) is 12.9. The molecule has 0 bridgehead atoms. The number of hydrogen-bond donors (Lipinski definition) is 2. The Morgan fingerprint density at radius 3 is 2.80 bits per heavy atom. The molecule has 0 spiro atoms. The molecule has 1 aliphatic rings.